The molecule has 0 radical (unpaired) electrons. The number of hydrogen-bond donors (Lipinski definition) is 2. The third-order valence-corrected chi connectivity index (χ3v) is 4.87. The lowest BCUT2D eigenvalue weighted by atomic mass is 10.0. The summed E-state index contributed by atoms with van der Waals surface area (Å²) in [7, 11) is -3.44. The molecular formula is C13H20N2O2S. The van der Waals surface area contributed by atoms with E-state index in [4.69, 9.17) is 0 Å². The van der Waals surface area contributed by atoms with E-state index in [0.717, 1.165) is 24.1 Å². The summed E-state index contributed by atoms with van der Waals surface area (Å²) in [6.45, 7) is 7.28. The summed E-state index contributed by atoms with van der Waals surface area (Å²) in [6, 6.07) is 5.39. The van der Waals surface area contributed by atoms with Gasteiger partial charge in [-0.05, 0) is 57.0 Å². The number of nitrogens with one attached hydrogen (secondary N) is 2. The standard InChI is InChI=1S/C13H20N2O2S/c1-10-6-11(2)8-12(7-10)18(16,17)15-13(3)4-5-14-9-13/h6-8,14-15H,4-5,9H2,1-3H3. The summed E-state index contributed by atoms with van der Waals surface area (Å²) in [5, 5.41) is 3.18. The minimum atomic E-state index is -3.44. The molecule has 2 N–H and O–H groups in total. The first-order valence-electron chi connectivity index (χ1n) is 6.14. The maximum absolute atomic E-state index is 12.4. The second-order valence-electron chi connectivity index (χ2n) is 5.42. The molecule has 1 saturated heterocycles. The summed E-state index contributed by atoms with van der Waals surface area (Å²) in [6.07, 6.45) is 0.816. The van der Waals surface area contributed by atoms with Gasteiger partial charge in [0, 0.05) is 12.1 Å². The molecule has 0 spiro atoms. The second-order valence-corrected chi connectivity index (χ2v) is 7.10. The summed E-state index contributed by atoms with van der Waals surface area (Å²) < 4.78 is 27.5. The Hall–Kier alpha value is -0.910. The van der Waals surface area contributed by atoms with Crippen LogP contribution in [-0.4, -0.2) is 27.0 Å². The van der Waals surface area contributed by atoms with E-state index in [0.29, 0.717) is 11.4 Å². The largest absolute Gasteiger partial charge is 0.315 e. The van der Waals surface area contributed by atoms with Crippen LogP contribution in [0.1, 0.15) is 24.5 Å². The molecule has 1 heterocycles. The summed E-state index contributed by atoms with van der Waals surface area (Å²) in [5.41, 5.74) is 1.55. The Kier molecular flexibility index (Phi) is 3.49. The Balaban J connectivity index is 2.30. The first-order valence-corrected chi connectivity index (χ1v) is 7.62. The average Bonchev–Trinajstić information content (AvgIpc) is 2.62. The van der Waals surface area contributed by atoms with Gasteiger partial charge in [0.25, 0.3) is 0 Å². The molecule has 5 heteroatoms. The quantitative estimate of drug-likeness (QED) is 0.869. The summed E-state index contributed by atoms with van der Waals surface area (Å²) in [4.78, 5) is 0.355. The first-order chi connectivity index (χ1) is 8.31. The predicted molar refractivity (Wildman–Crippen MR) is 72.1 cm³/mol. The Bertz CT molecular complexity index is 526. The van der Waals surface area contributed by atoms with Crippen LogP contribution in [0.3, 0.4) is 0 Å². The van der Waals surface area contributed by atoms with Gasteiger partial charge in [-0.3, -0.25) is 0 Å². The van der Waals surface area contributed by atoms with E-state index >= 15 is 0 Å². The van der Waals surface area contributed by atoms with Gasteiger partial charge in [-0.2, -0.15) is 0 Å². The fourth-order valence-electron chi connectivity index (χ4n) is 2.38. The normalized spacial score (nSPS) is 24.4. The van der Waals surface area contributed by atoms with E-state index in [1.54, 1.807) is 12.1 Å². The Morgan fingerprint density at radius 1 is 1.22 bits per heavy atom. The van der Waals surface area contributed by atoms with Crippen molar-refractivity contribution in [1.82, 2.24) is 10.0 Å². The van der Waals surface area contributed by atoms with Crippen LogP contribution in [0, 0.1) is 13.8 Å². The maximum atomic E-state index is 12.4. The molecule has 1 aliphatic rings. The molecule has 0 bridgehead atoms. The van der Waals surface area contributed by atoms with Crippen LogP contribution < -0.4 is 10.0 Å². The van der Waals surface area contributed by atoms with Crippen LogP contribution in [0.2, 0.25) is 0 Å². The Morgan fingerprint density at radius 3 is 2.33 bits per heavy atom. The number of benzene rings is 1. The molecule has 1 unspecified atom stereocenters. The Morgan fingerprint density at radius 2 is 1.83 bits per heavy atom. The van der Waals surface area contributed by atoms with E-state index in [-0.39, 0.29) is 5.54 Å². The molecule has 0 saturated carbocycles. The fourth-order valence-corrected chi connectivity index (χ4v) is 4.00. The molecule has 18 heavy (non-hydrogen) atoms. The monoisotopic (exact) mass is 268 g/mol. The van der Waals surface area contributed by atoms with Gasteiger partial charge in [0.05, 0.1) is 4.90 Å². The van der Waals surface area contributed by atoms with Crippen molar-refractivity contribution in [1.29, 1.82) is 0 Å². The fraction of sp³-hybridized carbons (Fsp3) is 0.538. The lowest BCUT2D eigenvalue weighted by Gasteiger charge is -2.24. The minimum absolute atomic E-state index is 0.355. The summed E-state index contributed by atoms with van der Waals surface area (Å²) in [5.74, 6) is 0. The van der Waals surface area contributed by atoms with Crippen LogP contribution in [0.25, 0.3) is 0 Å². The van der Waals surface area contributed by atoms with Crippen molar-refractivity contribution in [2.24, 2.45) is 0 Å². The van der Waals surface area contributed by atoms with Crippen molar-refractivity contribution in [2.45, 2.75) is 37.6 Å². The van der Waals surface area contributed by atoms with Crippen LogP contribution in [0.5, 0.6) is 0 Å². The smallest absolute Gasteiger partial charge is 0.241 e. The zero-order valence-electron chi connectivity index (χ0n) is 11.1. The van der Waals surface area contributed by atoms with Gasteiger partial charge < -0.3 is 5.32 Å². The maximum Gasteiger partial charge on any atom is 0.241 e. The van der Waals surface area contributed by atoms with Crippen molar-refractivity contribution >= 4 is 10.0 Å². The van der Waals surface area contributed by atoms with E-state index in [2.05, 4.69) is 10.0 Å². The zero-order valence-corrected chi connectivity index (χ0v) is 11.9. The Labute approximate surface area is 109 Å². The predicted octanol–water partition coefficient (Wildman–Crippen LogP) is 1.33. The zero-order chi connectivity index (χ0) is 13.4. The van der Waals surface area contributed by atoms with Crippen molar-refractivity contribution in [3.8, 4) is 0 Å². The molecule has 1 aromatic rings. The molecule has 1 aromatic carbocycles. The molecule has 1 aliphatic heterocycles. The van der Waals surface area contributed by atoms with Gasteiger partial charge in [-0.25, -0.2) is 13.1 Å². The van der Waals surface area contributed by atoms with Crippen molar-refractivity contribution < 1.29 is 8.42 Å². The van der Waals surface area contributed by atoms with Gasteiger partial charge in [0.1, 0.15) is 0 Å². The lowest BCUT2D eigenvalue weighted by molar-refractivity contribution is 0.452. The second kappa shape index (κ2) is 4.64. The van der Waals surface area contributed by atoms with E-state index in [9.17, 15) is 8.42 Å². The molecular weight excluding hydrogens is 248 g/mol. The van der Waals surface area contributed by atoms with Crippen LogP contribution >= 0.6 is 0 Å². The van der Waals surface area contributed by atoms with Crippen LogP contribution in [0.4, 0.5) is 0 Å². The molecule has 1 atom stereocenters. The molecule has 100 valence electrons. The van der Waals surface area contributed by atoms with Gasteiger partial charge >= 0.3 is 0 Å². The molecule has 0 aromatic heterocycles. The number of hydrogen-bond acceptors (Lipinski definition) is 3. The van der Waals surface area contributed by atoms with E-state index in [1.165, 1.54) is 0 Å². The lowest BCUT2D eigenvalue weighted by Crippen LogP contribution is -2.47. The van der Waals surface area contributed by atoms with Crippen molar-refractivity contribution in [3.63, 3.8) is 0 Å². The minimum Gasteiger partial charge on any atom is -0.315 e. The third-order valence-electron chi connectivity index (χ3n) is 3.25. The molecule has 1 fully saturated rings. The highest BCUT2D eigenvalue weighted by Crippen LogP contribution is 2.20. The van der Waals surface area contributed by atoms with Gasteiger partial charge in [0.15, 0.2) is 0 Å². The average molecular weight is 268 g/mol. The highest BCUT2D eigenvalue weighted by molar-refractivity contribution is 7.89. The van der Waals surface area contributed by atoms with Crippen molar-refractivity contribution in [3.05, 3.63) is 29.3 Å². The molecule has 4 nitrogen and oxygen atoms in total. The van der Waals surface area contributed by atoms with Gasteiger partial charge in [-0.1, -0.05) is 6.07 Å². The highest BCUT2D eigenvalue weighted by atomic mass is 32.2. The van der Waals surface area contributed by atoms with E-state index in [1.807, 2.05) is 26.8 Å². The SMILES string of the molecule is Cc1cc(C)cc(S(=O)(=O)NC2(C)CCNC2)c1. The van der Waals surface area contributed by atoms with Crippen LogP contribution in [0.15, 0.2) is 23.1 Å². The van der Waals surface area contributed by atoms with Gasteiger partial charge in [0.2, 0.25) is 10.0 Å². The van der Waals surface area contributed by atoms with Gasteiger partial charge in [-0.15, -0.1) is 0 Å². The molecule has 0 amide bonds. The number of aryl methyl sites for hydroxylation is 2. The molecule has 0 aliphatic carbocycles. The molecule has 2 rings (SSSR count). The number of sulfonamides is 1. The highest BCUT2D eigenvalue weighted by Gasteiger charge is 2.33. The van der Waals surface area contributed by atoms with E-state index < -0.39 is 10.0 Å². The topological polar surface area (TPSA) is 58.2 Å². The third kappa shape index (κ3) is 2.91. The number of rotatable bonds is 3. The summed E-state index contributed by atoms with van der Waals surface area (Å²) >= 11 is 0. The first kappa shape index (κ1) is 13.5. The van der Waals surface area contributed by atoms with Crippen LogP contribution in [-0.2, 0) is 10.0 Å². The van der Waals surface area contributed by atoms with Crippen molar-refractivity contribution in [2.75, 3.05) is 13.1 Å².